The summed E-state index contributed by atoms with van der Waals surface area (Å²) in [7, 11) is 0. The van der Waals surface area contributed by atoms with Crippen LogP contribution in [-0.4, -0.2) is 82.7 Å². The minimum atomic E-state index is -0.486. The van der Waals surface area contributed by atoms with E-state index in [9.17, 15) is 14.4 Å². The van der Waals surface area contributed by atoms with E-state index < -0.39 is 11.7 Å². The number of amides is 2. The molecule has 2 saturated heterocycles. The van der Waals surface area contributed by atoms with Crippen molar-refractivity contribution in [2.75, 3.05) is 45.8 Å². The number of benzene rings is 1. The maximum absolute atomic E-state index is 13.1. The van der Waals surface area contributed by atoms with Crippen molar-refractivity contribution in [3.8, 4) is 0 Å². The molecule has 2 fully saturated rings. The molecule has 7 heteroatoms. The van der Waals surface area contributed by atoms with Gasteiger partial charge in [-0.25, -0.2) is 0 Å². The van der Waals surface area contributed by atoms with Crippen molar-refractivity contribution < 1.29 is 14.4 Å². The number of para-hydroxylation sites is 1. The smallest absolute Gasteiger partial charge is 0.295 e. The number of hydrogen-bond donors (Lipinski definition) is 0. The molecule has 30 heavy (non-hydrogen) atoms. The molecule has 0 spiro atoms. The average Bonchev–Trinajstić information content (AvgIpc) is 3.17. The summed E-state index contributed by atoms with van der Waals surface area (Å²) in [5, 5.41) is 0.731. The van der Waals surface area contributed by atoms with Gasteiger partial charge in [0.05, 0.1) is 5.56 Å². The van der Waals surface area contributed by atoms with Crippen molar-refractivity contribution in [1.29, 1.82) is 0 Å². The largest absolute Gasteiger partial charge is 0.341 e. The van der Waals surface area contributed by atoms with Crippen LogP contribution in [0.2, 0.25) is 0 Å². The van der Waals surface area contributed by atoms with Gasteiger partial charge in [-0.3, -0.25) is 14.4 Å². The Balaban J connectivity index is 1.55. The van der Waals surface area contributed by atoms with E-state index in [0.29, 0.717) is 18.7 Å². The third-order valence-electron chi connectivity index (χ3n) is 6.35. The van der Waals surface area contributed by atoms with Crippen molar-refractivity contribution in [2.24, 2.45) is 0 Å². The molecular formula is C23H30N4O3. The summed E-state index contributed by atoms with van der Waals surface area (Å²) >= 11 is 0. The van der Waals surface area contributed by atoms with Crippen LogP contribution in [0.3, 0.4) is 0 Å². The Labute approximate surface area is 177 Å². The predicted molar refractivity (Wildman–Crippen MR) is 115 cm³/mol. The van der Waals surface area contributed by atoms with E-state index in [1.165, 1.54) is 6.42 Å². The van der Waals surface area contributed by atoms with E-state index in [4.69, 9.17) is 0 Å². The van der Waals surface area contributed by atoms with E-state index in [1.54, 1.807) is 11.1 Å². The predicted octanol–water partition coefficient (Wildman–Crippen LogP) is 2.00. The molecule has 0 N–H and O–H groups in total. The lowest BCUT2D eigenvalue weighted by Gasteiger charge is -2.33. The van der Waals surface area contributed by atoms with E-state index in [1.807, 2.05) is 33.7 Å². The van der Waals surface area contributed by atoms with Crippen LogP contribution in [-0.2, 0) is 16.1 Å². The lowest BCUT2D eigenvalue weighted by molar-refractivity contribution is -0.132. The van der Waals surface area contributed by atoms with Gasteiger partial charge in [-0.2, -0.15) is 0 Å². The topological polar surface area (TPSA) is 65.9 Å². The number of carbonyl (C=O) groups excluding carboxylic acids is 3. The number of nitrogens with zero attached hydrogens (tertiary/aromatic N) is 4. The second kappa shape index (κ2) is 9.00. The van der Waals surface area contributed by atoms with Crippen molar-refractivity contribution >= 4 is 28.5 Å². The Morgan fingerprint density at radius 2 is 1.57 bits per heavy atom. The second-order valence-electron chi connectivity index (χ2n) is 8.18. The Hall–Kier alpha value is -2.67. The summed E-state index contributed by atoms with van der Waals surface area (Å²) in [6.45, 7) is 7.57. The Kier molecular flexibility index (Phi) is 6.18. The van der Waals surface area contributed by atoms with Crippen molar-refractivity contribution in [3.63, 3.8) is 0 Å². The fourth-order valence-corrected chi connectivity index (χ4v) is 4.47. The van der Waals surface area contributed by atoms with Gasteiger partial charge in [-0.1, -0.05) is 25.1 Å². The van der Waals surface area contributed by atoms with Gasteiger partial charge in [-0.15, -0.1) is 0 Å². The number of Topliss-reactive ketones (excluding diaryl/α,β-unsaturated/α-hetero) is 1. The summed E-state index contributed by atoms with van der Waals surface area (Å²) in [6, 6.07) is 7.51. The summed E-state index contributed by atoms with van der Waals surface area (Å²) in [5.74, 6) is -0.868. The fraction of sp³-hybridized carbons (Fsp3) is 0.522. The Morgan fingerprint density at radius 3 is 2.27 bits per heavy atom. The summed E-state index contributed by atoms with van der Waals surface area (Å²) < 4.78 is 1.82. The lowest BCUT2D eigenvalue weighted by Crippen LogP contribution is -2.50. The molecule has 2 aliphatic rings. The second-order valence-corrected chi connectivity index (χ2v) is 8.18. The number of carbonyl (C=O) groups is 3. The number of likely N-dealkylation sites (N-methyl/N-ethyl adjacent to an activating group) is 1. The molecule has 2 aromatic rings. The molecule has 0 radical (unpaired) electrons. The molecule has 160 valence electrons. The van der Waals surface area contributed by atoms with Crippen LogP contribution < -0.4 is 0 Å². The number of fused-ring (bicyclic) bond motifs is 1. The third-order valence-corrected chi connectivity index (χ3v) is 6.35. The summed E-state index contributed by atoms with van der Waals surface area (Å²) in [4.78, 5) is 44.6. The van der Waals surface area contributed by atoms with E-state index in [0.717, 1.165) is 56.5 Å². The maximum atomic E-state index is 13.1. The first-order chi connectivity index (χ1) is 14.6. The van der Waals surface area contributed by atoms with E-state index >= 15 is 0 Å². The molecule has 0 atom stereocenters. The van der Waals surface area contributed by atoms with Crippen molar-refractivity contribution in [2.45, 2.75) is 32.7 Å². The number of aromatic nitrogens is 1. The van der Waals surface area contributed by atoms with Gasteiger partial charge in [0.25, 0.3) is 11.7 Å². The van der Waals surface area contributed by atoms with E-state index in [-0.39, 0.29) is 12.5 Å². The fourth-order valence-electron chi connectivity index (χ4n) is 4.47. The molecule has 0 bridgehead atoms. The average molecular weight is 411 g/mol. The van der Waals surface area contributed by atoms with Gasteiger partial charge < -0.3 is 19.3 Å². The highest BCUT2D eigenvalue weighted by Gasteiger charge is 2.29. The lowest BCUT2D eigenvalue weighted by atomic mass is 10.1. The number of ketones is 1. The zero-order valence-electron chi connectivity index (χ0n) is 17.7. The van der Waals surface area contributed by atoms with Crippen molar-refractivity contribution in [1.82, 2.24) is 19.3 Å². The molecule has 0 aliphatic carbocycles. The highest BCUT2D eigenvalue weighted by molar-refractivity contribution is 6.44. The first kappa shape index (κ1) is 20.6. The van der Waals surface area contributed by atoms with Gasteiger partial charge in [0.1, 0.15) is 6.54 Å². The maximum Gasteiger partial charge on any atom is 0.295 e. The molecule has 2 aliphatic heterocycles. The van der Waals surface area contributed by atoms with Crippen LogP contribution in [0, 0.1) is 0 Å². The molecule has 0 saturated carbocycles. The molecule has 1 aromatic heterocycles. The summed E-state index contributed by atoms with van der Waals surface area (Å²) in [5.41, 5.74) is 1.20. The molecule has 0 unspecified atom stereocenters. The quantitative estimate of drug-likeness (QED) is 0.559. The Morgan fingerprint density at radius 1 is 0.867 bits per heavy atom. The Bertz CT molecular complexity index is 937. The molecule has 2 amide bonds. The number of hydrogen-bond acceptors (Lipinski definition) is 4. The molecule has 1 aromatic carbocycles. The molecule has 7 nitrogen and oxygen atoms in total. The number of likely N-dealkylation sites (tertiary alicyclic amines) is 1. The van der Waals surface area contributed by atoms with Gasteiger partial charge in [-0.05, 0) is 31.9 Å². The van der Waals surface area contributed by atoms with Crippen LogP contribution in [0.1, 0.15) is 36.5 Å². The van der Waals surface area contributed by atoms with Gasteiger partial charge in [0.15, 0.2) is 0 Å². The molecule has 3 heterocycles. The highest BCUT2D eigenvalue weighted by Crippen LogP contribution is 2.23. The van der Waals surface area contributed by atoms with Gasteiger partial charge >= 0.3 is 0 Å². The van der Waals surface area contributed by atoms with Crippen molar-refractivity contribution in [3.05, 3.63) is 36.0 Å². The standard InChI is InChI=1S/C23H30N4O3/c1-2-24-12-14-26(15-13-24)23(30)22(29)19-16-27(20-9-5-4-8-18(19)20)17-21(28)25-10-6-3-7-11-25/h4-5,8-9,16H,2-3,6-7,10-15,17H2,1H3. The monoisotopic (exact) mass is 410 g/mol. The number of piperidine rings is 1. The van der Waals surface area contributed by atoms with Crippen LogP contribution in [0.25, 0.3) is 10.9 Å². The first-order valence-electron chi connectivity index (χ1n) is 11.0. The van der Waals surface area contributed by atoms with Gasteiger partial charge in [0, 0.05) is 56.4 Å². The SMILES string of the molecule is CCN1CCN(C(=O)C(=O)c2cn(CC(=O)N3CCCCC3)c3ccccc23)CC1. The minimum Gasteiger partial charge on any atom is -0.341 e. The van der Waals surface area contributed by atoms with Crippen LogP contribution >= 0.6 is 0 Å². The minimum absolute atomic E-state index is 0.0662. The number of piperazine rings is 1. The zero-order valence-corrected chi connectivity index (χ0v) is 17.7. The first-order valence-corrected chi connectivity index (χ1v) is 11.0. The molecular weight excluding hydrogens is 380 g/mol. The third kappa shape index (κ3) is 4.12. The number of rotatable bonds is 5. The van der Waals surface area contributed by atoms with Crippen LogP contribution in [0.15, 0.2) is 30.5 Å². The van der Waals surface area contributed by atoms with Gasteiger partial charge in [0.2, 0.25) is 5.91 Å². The molecule has 4 rings (SSSR count). The highest BCUT2D eigenvalue weighted by atomic mass is 16.2. The normalized spacial score (nSPS) is 18.0. The summed E-state index contributed by atoms with van der Waals surface area (Å²) in [6.07, 6.45) is 4.95. The van der Waals surface area contributed by atoms with Crippen LogP contribution in [0.4, 0.5) is 0 Å². The van der Waals surface area contributed by atoms with Crippen LogP contribution in [0.5, 0.6) is 0 Å². The zero-order chi connectivity index (χ0) is 21.1. The van der Waals surface area contributed by atoms with E-state index in [2.05, 4.69) is 11.8 Å².